The van der Waals surface area contributed by atoms with Gasteiger partial charge in [0.1, 0.15) is 5.82 Å². The summed E-state index contributed by atoms with van der Waals surface area (Å²) in [5.41, 5.74) is 1.39. The predicted molar refractivity (Wildman–Crippen MR) is 60.6 cm³/mol. The largest absolute Gasteiger partial charge is 0.311 e. The van der Waals surface area contributed by atoms with Crippen LogP contribution in [0.4, 0.5) is 0 Å². The van der Waals surface area contributed by atoms with E-state index >= 15 is 0 Å². The zero-order valence-electron chi connectivity index (χ0n) is 9.58. The van der Waals surface area contributed by atoms with Gasteiger partial charge >= 0.3 is 0 Å². The summed E-state index contributed by atoms with van der Waals surface area (Å²) in [6.45, 7) is 6.32. The highest BCUT2D eigenvalue weighted by molar-refractivity contribution is 5.17. The maximum Gasteiger partial charge on any atom is 0.134 e. The second-order valence-electron chi connectivity index (χ2n) is 4.61. The molecule has 1 heterocycles. The lowest BCUT2D eigenvalue weighted by Crippen LogP contribution is -2.16. The summed E-state index contributed by atoms with van der Waals surface area (Å²) >= 11 is 0. The molecule has 82 valence electrons. The van der Waals surface area contributed by atoms with Gasteiger partial charge in [0.25, 0.3) is 0 Å². The Morgan fingerprint density at radius 1 is 1.47 bits per heavy atom. The van der Waals surface area contributed by atoms with Crippen LogP contribution in [0.1, 0.15) is 44.6 Å². The predicted octanol–water partition coefficient (Wildman–Crippen LogP) is 2.03. The van der Waals surface area contributed by atoms with Gasteiger partial charge < -0.3 is 5.32 Å². The number of rotatable bonds is 5. The molecular formula is C12H19N3. The van der Waals surface area contributed by atoms with E-state index in [0.29, 0.717) is 0 Å². The monoisotopic (exact) mass is 205 g/mol. The van der Waals surface area contributed by atoms with E-state index in [1.165, 1.54) is 12.8 Å². The third kappa shape index (κ3) is 2.53. The summed E-state index contributed by atoms with van der Waals surface area (Å²) in [7, 11) is 0. The molecule has 1 aliphatic carbocycles. The molecule has 1 aromatic rings. The third-order valence-corrected chi connectivity index (χ3v) is 2.99. The second-order valence-corrected chi connectivity index (χ2v) is 4.61. The van der Waals surface area contributed by atoms with E-state index < -0.39 is 0 Å². The van der Waals surface area contributed by atoms with Crippen LogP contribution in [-0.2, 0) is 12.0 Å². The summed E-state index contributed by atoms with van der Waals surface area (Å²) in [6, 6.07) is 2.00. The van der Waals surface area contributed by atoms with Gasteiger partial charge in [-0.05, 0) is 31.9 Å². The average molecular weight is 205 g/mol. The highest BCUT2D eigenvalue weighted by Gasteiger charge is 2.41. The van der Waals surface area contributed by atoms with Crippen molar-refractivity contribution in [3.63, 3.8) is 0 Å². The van der Waals surface area contributed by atoms with E-state index in [-0.39, 0.29) is 5.41 Å². The van der Waals surface area contributed by atoms with Gasteiger partial charge in [0, 0.05) is 18.2 Å². The molecule has 0 atom stereocenters. The summed E-state index contributed by atoms with van der Waals surface area (Å²) in [6.07, 6.45) is 5.52. The lowest BCUT2D eigenvalue weighted by molar-refractivity contribution is 0.642. The zero-order valence-corrected chi connectivity index (χ0v) is 9.58. The van der Waals surface area contributed by atoms with Crippen molar-refractivity contribution in [2.24, 2.45) is 0 Å². The Kier molecular flexibility index (Phi) is 3.00. The van der Waals surface area contributed by atoms with Crippen molar-refractivity contribution in [3.8, 4) is 0 Å². The molecule has 0 saturated heterocycles. The fourth-order valence-corrected chi connectivity index (χ4v) is 1.59. The van der Waals surface area contributed by atoms with Crippen LogP contribution in [0.5, 0.6) is 0 Å². The lowest BCUT2D eigenvalue weighted by atomic mass is 10.1. The minimum Gasteiger partial charge on any atom is -0.311 e. The first-order chi connectivity index (χ1) is 7.24. The minimum atomic E-state index is 0.279. The van der Waals surface area contributed by atoms with Gasteiger partial charge in [0.05, 0.1) is 5.69 Å². The zero-order chi connectivity index (χ0) is 10.7. The SMILES string of the molecule is CCCNCc1ccnc(C2(C)CC2)n1. The Hall–Kier alpha value is -0.960. The molecule has 1 fully saturated rings. The molecule has 1 aliphatic rings. The molecule has 1 N–H and O–H groups in total. The first-order valence-electron chi connectivity index (χ1n) is 5.78. The molecule has 0 aromatic carbocycles. The molecule has 2 rings (SSSR count). The van der Waals surface area contributed by atoms with Gasteiger partial charge in [-0.2, -0.15) is 0 Å². The van der Waals surface area contributed by atoms with Crippen molar-refractivity contribution in [2.75, 3.05) is 6.54 Å². The Morgan fingerprint density at radius 2 is 2.27 bits per heavy atom. The molecule has 0 spiro atoms. The van der Waals surface area contributed by atoms with E-state index in [2.05, 4.69) is 29.1 Å². The van der Waals surface area contributed by atoms with E-state index in [4.69, 9.17) is 0 Å². The maximum absolute atomic E-state index is 4.60. The van der Waals surface area contributed by atoms with Gasteiger partial charge in [-0.15, -0.1) is 0 Å². The summed E-state index contributed by atoms with van der Waals surface area (Å²) < 4.78 is 0. The van der Waals surface area contributed by atoms with Gasteiger partial charge in [-0.25, -0.2) is 9.97 Å². The Balaban J connectivity index is 2.00. The van der Waals surface area contributed by atoms with E-state index in [0.717, 1.165) is 31.0 Å². The lowest BCUT2D eigenvalue weighted by Gasteiger charge is -2.08. The van der Waals surface area contributed by atoms with Gasteiger partial charge in [-0.3, -0.25) is 0 Å². The Labute approximate surface area is 91.3 Å². The quantitative estimate of drug-likeness (QED) is 0.747. The van der Waals surface area contributed by atoms with Crippen LogP contribution in [0.15, 0.2) is 12.3 Å². The van der Waals surface area contributed by atoms with Crippen molar-refractivity contribution >= 4 is 0 Å². The van der Waals surface area contributed by atoms with Crippen LogP contribution in [-0.4, -0.2) is 16.5 Å². The van der Waals surface area contributed by atoms with Crippen molar-refractivity contribution in [1.82, 2.24) is 15.3 Å². The van der Waals surface area contributed by atoms with Crippen LogP contribution in [0.2, 0.25) is 0 Å². The second kappa shape index (κ2) is 4.27. The van der Waals surface area contributed by atoms with E-state index in [1.807, 2.05) is 12.3 Å². The van der Waals surface area contributed by atoms with Gasteiger partial charge in [-0.1, -0.05) is 13.8 Å². The number of nitrogens with one attached hydrogen (secondary N) is 1. The van der Waals surface area contributed by atoms with Crippen molar-refractivity contribution in [2.45, 2.75) is 45.1 Å². The molecule has 0 aliphatic heterocycles. The average Bonchev–Trinajstić information content (AvgIpc) is 2.99. The van der Waals surface area contributed by atoms with Crippen molar-refractivity contribution in [1.29, 1.82) is 0 Å². The minimum absolute atomic E-state index is 0.279. The first-order valence-corrected chi connectivity index (χ1v) is 5.78. The molecule has 3 heteroatoms. The molecule has 0 bridgehead atoms. The Bertz CT molecular complexity index is 331. The summed E-state index contributed by atoms with van der Waals surface area (Å²) in [5.74, 6) is 1.03. The smallest absolute Gasteiger partial charge is 0.134 e. The number of hydrogen-bond acceptors (Lipinski definition) is 3. The van der Waals surface area contributed by atoms with Crippen LogP contribution in [0.25, 0.3) is 0 Å². The fraction of sp³-hybridized carbons (Fsp3) is 0.667. The molecule has 1 saturated carbocycles. The molecule has 3 nitrogen and oxygen atoms in total. The van der Waals surface area contributed by atoms with E-state index in [9.17, 15) is 0 Å². The normalized spacial score (nSPS) is 17.7. The maximum atomic E-state index is 4.60. The van der Waals surface area contributed by atoms with Crippen LogP contribution >= 0.6 is 0 Å². The van der Waals surface area contributed by atoms with Crippen molar-refractivity contribution in [3.05, 3.63) is 23.8 Å². The van der Waals surface area contributed by atoms with Crippen LogP contribution in [0.3, 0.4) is 0 Å². The van der Waals surface area contributed by atoms with Crippen molar-refractivity contribution < 1.29 is 0 Å². The van der Waals surface area contributed by atoms with Crippen LogP contribution < -0.4 is 5.32 Å². The molecule has 0 radical (unpaired) electrons. The summed E-state index contributed by atoms with van der Waals surface area (Å²) in [5, 5.41) is 3.36. The summed E-state index contributed by atoms with van der Waals surface area (Å²) in [4.78, 5) is 8.97. The molecule has 15 heavy (non-hydrogen) atoms. The number of hydrogen-bond donors (Lipinski definition) is 1. The first kappa shape index (κ1) is 10.6. The molecule has 1 aromatic heterocycles. The molecule has 0 amide bonds. The Morgan fingerprint density at radius 3 is 2.93 bits per heavy atom. The third-order valence-electron chi connectivity index (χ3n) is 2.99. The topological polar surface area (TPSA) is 37.8 Å². The fourth-order valence-electron chi connectivity index (χ4n) is 1.59. The highest BCUT2D eigenvalue weighted by Crippen LogP contribution is 2.45. The van der Waals surface area contributed by atoms with E-state index in [1.54, 1.807) is 0 Å². The van der Waals surface area contributed by atoms with Gasteiger partial charge in [0.2, 0.25) is 0 Å². The molecule has 0 unspecified atom stereocenters. The number of aromatic nitrogens is 2. The van der Waals surface area contributed by atoms with Crippen LogP contribution in [0, 0.1) is 0 Å². The van der Waals surface area contributed by atoms with Gasteiger partial charge in [0.15, 0.2) is 0 Å². The molecular weight excluding hydrogens is 186 g/mol. The number of nitrogens with zero attached hydrogens (tertiary/aromatic N) is 2. The highest BCUT2D eigenvalue weighted by atomic mass is 14.9. The standard InChI is InChI=1S/C12H19N3/c1-3-7-13-9-10-4-8-14-11(15-10)12(2)5-6-12/h4,8,13H,3,5-7,9H2,1-2H3.